The Balaban J connectivity index is 2.02. The Bertz CT molecular complexity index is 726. The Morgan fingerprint density at radius 2 is 1.78 bits per heavy atom. The highest BCUT2D eigenvalue weighted by atomic mass is 16.5. The predicted molar refractivity (Wildman–Crippen MR) is 89.6 cm³/mol. The lowest BCUT2D eigenvalue weighted by atomic mass is 10.1. The summed E-state index contributed by atoms with van der Waals surface area (Å²) >= 11 is 0. The molecule has 0 radical (unpaired) electrons. The summed E-state index contributed by atoms with van der Waals surface area (Å²) in [5, 5.41) is 5.57. The van der Waals surface area contributed by atoms with Crippen molar-refractivity contribution < 1.29 is 14.3 Å². The molecule has 120 valence electrons. The highest BCUT2D eigenvalue weighted by Gasteiger charge is 2.10. The fourth-order valence-electron chi connectivity index (χ4n) is 2.15. The number of urea groups is 1. The van der Waals surface area contributed by atoms with Crippen molar-refractivity contribution in [1.82, 2.24) is 5.32 Å². The van der Waals surface area contributed by atoms with Gasteiger partial charge in [-0.2, -0.15) is 0 Å². The molecule has 5 heteroatoms. The molecule has 0 aliphatic carbocycles. The molecule has 2 amide bonds. The van der Waals surface area contributed by atoms with Crippen molar-refractivity contribution in [2.24, 2.45) is 0 Å². The van der Waals surface area contributed by atoms with Crippen LogP contribution in [0.25, 0.3) is 0 Å². The van der Waals surface area contributed by atoms with Crippen LogP contribution >= 0.6 is 0 Å². The van der Waals surface area contributed by atoms with Crippen LogP contribution in [0.15, 0.2) is 42.5 Å². The number of esters is 1. The Morgan fingerprint density at radius 3 is 2.48 bits per heavy atom. The molecule has 0 aliphatic heterocycles. The highest BCUT2D eigenvalue weighted by Crippen LogP contribution is 2.17. The molecule has 2 N–H and O–H groups in total. The first kappa shape index (κ1) is 16.5. The molecule has 2 aromatic rings. The van der Waals surface area contributed by atoms with Gasteiger partial charge in [0.25, 0.3) is 0 Å². The van der Waals surface area contributed by atoms with Gasteiger partial charge in [0.05, 0.1) is 12.7 Å². The molecule has 23 heavy (non-hydrogen) atoms. The fraction of sp³-hybridized carbons (Fsp3) is 0.222. The number of nitrogens with one attached hydrogen (secondary N) is 2. The number of rotatable bonds is 4. The first-order valence-electron chi connectivity index (χ1n) is 7.29. The summed E-state index contributed by atoms with van der Waals surface area (Å²) in [6.45, 7) is 4.30. The van der Waals surface area contributed by atoms with E-state index in [0.29, 0.717) is 17.8 Å². The first-order valence-corrected chi connectivity index (χ1v) is 7.29. The number of anilines is 1. The van der Waals surface area contributed by atoms with Gasteiger partial charge in [-0.3, -0.25) is 0 Å². The van der Waals surface area contributed by atoms with Crippen molar-refractivity contribution in [2.75, 3.05) is 12.4 Å². The summed E-state index contributed by atoms with van der Waals surface area (Å²) in [6, 6.07) is 12.6. The molecule has 2 rings (SSSR count). The molecular weight excluding hydrogens is 292 g/mol. The van der Waals surface area contributed by atoms with Crippen molar-refractivity contribution in [3.05, 3.63) is 64.7 Å². The first-order chi connectivity index (χ1) is 11.0. The Kier molecular flexibility index (Phi) is 5.36. The van der Waals surface area contributed by atoms with E-state index in [1.54, 1.807) is 18.2 Å². The van der Waals surface area contributed by atoms with Crippen LogP contribution in [-0.2, 0) is 11.3 Å². The fourth-order valence-corrected chi connectivity index (χ4v) is 2.15. The number of benzene rings is 2. The lowest BCUT2D eigenvalue weighted by Crippen LogP contribution is -2.28. The van der Waals surface area contributed by atoms with Crippen LogP contribution in [0.3, 0.4) is 0 Å². The van der Waals surface area contributed by atoms with Crippen LogP contribution in [0.1, 0.15) is 27.0 Å². The van der Waals surface area contributed by atoms with E-state index in [0.717, 1.165) is 16.7 Å². The number of hydrogen-bond acceptors (Lipinski definition) is 3. The molecule has 0 bridgehead atoms. The number of hydrogen-bond donors (Lipinski definition) is 2. The zero-order valence-electron chi connectivity index (χ0n) is 13.5. The maximum absolute atomic E-state index is 12.1. The van der Waals surface area contributed by atoms with Crippen LogP contribution in [-0.4, -0.2) is 19.1 Å². The lowest BCUT2D eigenvalue weighted by molar-refractivity contribution is 0.0600. The lowest BCUT2D eigenvalue weighted by Gasteiger charge is -2.12. The minimum absolute atomic E-state index is 0.321. The molecule has 0 spiro atoms. The normalized spacial score (nSPS) is 10.0. The summed E-state index contributed by atoms with van der Waals surface area (Å²) in [4.78, 5) is 23.6. The summed E-state index contributed by atoms with van der Waals surface area (Å²) in [7, 11) is 1.32. The standard InChI is InChI=1S/C18H20N2O3/c1-12-6-4-5-7-15(12)11-19-18(22)20-16-10-14(17(21)23-3)9-8-13(16)2/h4-10H,11H2,1-3H3,(H2,19,20,22). The van der Waals surface area contributed by atoms with Gasteiger partial charge in [0.1, 0.15) is 0 Å². The predicted octanol–water partition coefficient (Wildman–Crippen LogP) is 3.41. The summed E-state index contributed by atoms with van der Waals surface area (Å²) in [5.41, 5.74) is 4.02. The molecule has 0 fully saturated rings. The second-order valence-corrected chi connectivity index (χ2v) is 5.26. The van der Waals surface area contributed by atoms with Crippen LogP contribution in [0.4, 0.5) is 10.5 Å². The molecule has 0 saturated heterocycles. The molecule has 0 aromatic heterocycles. The second-order valence-electron chi connectivity index (χ2n) is 5.26. The number of aryl methyl sites for hydroxylation is 2. The summed E-state index contributed by atoms with van der Waals surface area (Å²) in [6.07, 6.45) is 0. The van der Waals surface area contributed by atoms with Gasteiger partial charge < -0.3 is 15.4 Å². The minimum Gasteiger partial charge on any atom is -0.465 e. The van der Waals surface area contributed by atoms with Crippen molar-refractivity contribution in [3.8, 4) is 0 Å². The molecule has 5 nitrogen and oxygen atoms in total. The molecule has 0 unspecified atom stereocenters. The van der Waals surface area contributed by atoms with Gasteiger partial charge >= 0.3 is 12.0 Å². The molecule has 0 saturated carbocycles. The van der Waals surface area contributed by atoms with Gasteiger partial charge in [-0.25, -0.2) is 9.59 Å². The number of carbonyl (C=O) groups is 2. The maximum atomic E-state index is 12.1. The quantitative estimate of drug-likeness (QED) is 0.850. The minimum atomic E-state index is -0.437. The second kappa shape index (κ2) is 7.45. The molecule has 0 aliphatic rings. The van der Waals surface area contributed by atoms with Crippen LogP contribution < -0.4 is 10.6 Å². The van der Waals surface area contributed by atoms with E-state index in [-0.39, 0.29) is 6.03 Å². The largest absolute Gasteiger partial charge is 0.465 e. The van der Waals surface area contributed by atoms with Gasteiger partial charge in [-0.15, -0.1) is 0 Å². The molecule has 0 atom stereocenters. The van der Waals surface area contributed by atoms with Gasteiger partial charge in [0.2, 0.25) is 0 Å². The maximum Gasteiger partial charge on any atom is 0.337 e. The average molecular weight is 312 g/mol. The SMILES string of the molecule is COC(=O)c1ccc(C)c(NC(=O)NCc2ccccc2C)c1. The smallest absolute Gasteiger partial charge is 0.337 e. The molecular formula is C18H20N2O3. The Hall–Kier alpha value is -2.82. The van der Waals surface area contributed by atoms with Crippen LogP contribution in [0, 0.1) is 13.8 Å². The Morgan fingerprint density at radius 1 is 1.04 bits per heavy atom. The molecule has 2 aromatic carbocycles. The summed E-state index contributed by atoms with van der Waals surface area (Å²) in [5.74, 6) is -0.437. The van der Waals surface area contributed by atoms with Gasteiger partial charge in [0.15, 0.2) is 0 Å². The zero-order valence-corrected chi connectivity index (χ0v) is 13.5. The number of methoxy groups -OCH3 is 1. The van der Waals surface area contributed by atoms with Crippen LogP contribution in [0.2, 0.25) is 0 Å². The average Bonchev–Trinajstić information content (AvgIpc) is 2.55. The number of carbonyl (C=O) groups excluding carboxylic acids is 2. The number of amides is 2. The van der Waals surface area contributed by atoms with Gasteiger partial charge in [-0.05, 0) is 42.7 Å². The number of ether oxygens (including phenoxy) is 1. The molecule has 0 heterocycles. The van der Waals surface area contributed by atoms with E-state index in [1.165, 1.54) is 7.11 Å². The van der Waals surface area contributed by atoms with Crippen molar-refractivity contribution >= 4 is 17.7 Å². The van der Waals surface area contributed by atoms with Gasteiger partial charge in [0, 0.05) is 12.2 Å². The third kappa shape index (κ3) is 4.32. The van der Waals surface area contributed by atoms with Crippen LogP contribution in [0.5, 0.6) is 0 Å². The van der Waals surface area contributed by atoms with E-state index in [9.17, 15) is 9.59 Å². The van der Waals surface area contributed by atoms with E-state index in [1.807, 2.05) is 38.1 Å². The topological polar surface area (TPSA) is 67.4 Å². The third-order valence-electron chi connectivity index (χ3n) is 3.61. The van der Waals surface area contributed by atoms with E-state index < -0.39 is 5.97 Å². The van der Waals surface area contributed by atoms with Crippen molar-refractivity contribution in [2.45, 2.75) is 20.4 Å². The Labute approximate surface area is 135 Å². The van der Waals surface area contributed by atoms with Crippen molar-refractivity contribution in [3.63, 3.8) is 0 Å². The van der Waals surface area contributed by atoms with Crippen molar-refractivity contribution in [1.29, 1.82) is 0 Å². The van der Waals surface area contributed by atoms with E-state index >= 15 is 0 Å². The summed E-state index contributed by atoms with van der Waals surface area (Å²) < 4.78 is 4.69. The zero-order chi connectivity index (χ0) is 16.8. The third-order valence-corrected chi connectivity index (χ3v) is 3.61. The highest BCUT2D eigenvalue weighted by molar-refractivity contribution is 5.94. The monoisotopic (exact) mass is 312 g/mol. The van der Waals surface area contributed by atoms with E-state index in [2.05, 4.69) is 15.4 Å². The van der Waals surface area contributed by atoms with E-state index in [4.69, 9.17) is 0 Å². The van der Waals surface area contributed by atoms with Gasteiger partial charge in [-0.1, -0.05) is 30.3 Å².